The summed E-state index contributed by atoms with van der Waals surface area (Å²) < 4.78 is 0. The van der Waals surface area contributed by atoms with Crippen LogP contribution in [0.4, 0.5) is 0 Å². The first-order valence-corrected chi connectivity index (χ1v) is 7.42. The van der Waals surface area contributed by atoms with Gasteiger partial charge in [0.25, 0.3) is 0 Å². The lowest BCUT2D eigenvalue weighted by Crippen LogP contribution is -2.48. The molecule has 0 bridgehead atoms. The van der Waals surface area contributed by atoms with Gasteiger partial charge < -0.3 is 5.11 Å². The molecule has 106 valence electrons. The van der Waals surface area contributed by atoms with E-state index < -0.39 is 0 Å². The van der Waals surface area contributed by atoms with Crippen molar-refractivity contribution in [3.05, 3.63) is 34.9 Å². The van der Waals surface area contributed by atoms with Gasteiger partial charge in [0.2, 0.25) is 0 Å². The normalized spacial score (nSPS) is 19.5. The maximum absolute atomic E-state index is 9.67. The number of nitrogens with zero attached hydrogens (tertiary/aromatic N) is 2. The molecule has 1 saturated heterocycles. The zero-order valence-electron chi connectivity index (χ0n) is 11.6. The maximum atomic E-state index is 9.67. The van der Waals surface area contributed by atoms with Crippen LogP contribution in [0.3, 0.4) is 0 Å². The molecule has 1 fully saturated rings. The van der Waals surface area contributed by atoms with Crippen molar-refractivity contribution in [1.29, 1.82) is 0 Å². The number of aliphatic hydroxyl groups is 1. The molecular weight excluding hydrogens is 260 g/mol. The van der Waals surface area contributed by atoms with Crippen LogP contribution in [-0.4, -0.2) is 53.7 Å². The van der Waals surface area contributed by atoms with Gasteiger partial charge in [-0.05, 0) is 24.1 Å². The number of benzene rings is 1. The molecule has 1 aromatic carbocycles. The van der Waals surface area contributed by atoms with E-state index in [-0.39, 0.29) is 6.10 Å². The zero-order valence-corrected chi connectivity index (χ0v) is 12.3. The molecule has 0 amide bonds. The summed E-state index contributed by atoms with van der Waals surface area (Å²) >= 11 is 5.89. The summed E-state index contributed by atoms with van der Waals surface area (Å²) in [5.41, 5.74) is 1.31. The molecule has 4 heteroatoms. The van der Waals surface area contributed by atoms with E-state index in [1.807, 2.05) is 19.1 Å². The van der Waals surface area contributed by atoms with Crippen LogP contribution >= 0.6 is 11.6 Å². The monoisotopic (exact) mass is 282 g/mol. The fraction of sp³-hybridized carbons (Fsp3) is 0.600. The van der Waals surface area contributed by atoms with Gasteiger partial charge in [0.05, 0.1) is 6.10 Å². The van der Waals surface area contributed by atoms with Crippen molar-refractivity contribution in [2.45, 2.75) is 26.0 Å². The Bertz CT molecular complexity index is 374. The quantitative estimate of drug-likeness (QED) is 0.897. The minimum Gasteiger partial charge on any atom is -0.392 e. The second-order valence-corrected chi connectivity index (χ2v) is 5.70. The molecule has 1 aliphatic rings. The summed E-state index contributed by atoms with van der Waals surface area (Å²) in [6.45, 7) is 8.06. The fourth-order valence-corrected chi connectivity index (χ4v) is 2.53. The Kier molecular flexibility index (Phi) is 5.64. The molecule has 2 rings (SSSR count). The molecule has 1 aromatic rings. The highest BCUT2D eigenvalue weighted by molar-refractivity contribution is 6.30. The van der Waals surface area contributed by atoms with Gasteiger partial charge >= 0.3 is 0 Å². The molecule has 1 aliphatic heterocycles. The van der Waals surface area contributed by atoms with Crippen LogP contribution in [0.2, 0.25) is 5.02 Å². The Morgan fingerprint density at radius 1 is 1.11 bits per heavy atom. The highest BCUT2D eigenvalue weighted by Gasteiger charge is 2.18. The van der Waals surface area contributed by atoms with Gasteiger partial charge in [-0.3, -0.25) is 9.80 Å². The first-order chi connectivity index (χ1) is 9.17. The van der Waals surface area contributed by atoms with E-state index >= 15 is 0 Å². The van der Waals surface area contributed by atoms with Crippen molar-refractivity contribution in [2.24, 2.45) is 0 Å². The number of piperazine rings is 1. The number of β-amino-alcohol motifs (C(OH)–C–C–N with tert-alkyl or cyclic N) is 1. The molecule has 1 N–H and O–H groups in total. The van der Waals surface area contributed by atoms with Crippen LogP contribution in [0.25, 0.3) is 0 Å². The summed E-state index contributed by atoms with van der Waals surface area (Å²) in [7, 11) is 0. The average molecular weight is 283 g/mol. The average Bonchev–Trinajstić information content (AvgIpc) is 2.43. The molecule has 3 nitrogen and oxygen atoms in total. The molecule has 0 aromatic heterocycles. The smallest absolute Gasteiger partial charge is 0.0664 e. The molecule has 19 heavy (non-hydrogen) atoms. The molecule has 1 atom stereocenters. The zero-order chi connectivity index (χ0) is 13.7. The number of aliphatic hydroxyl groups excluding tert-OH is 1. The molecule has 0 aliphatic carbocycles. The summed E-state index contributed by atoms with van der Waals surface area (Å²) in [6, 6.07) is 8.08. The summed E-state index contributed by atoms with van der Waals surface area (Å²) in [4.78, 5) is 4.81. The van der Waals surface area contributed by atoms with Crippen molar-refractivity contribution < 1.29 is 5.11 Å². The molecule has 0 radical (unpaired) electrons. The van der Waals surface area contributed by atoms with Crippen molar-refractivity contribution in [3.8, 4) is 0 Å². The molecular formula is C15H23ClN2O. The fourth-order valence-electron chi connectivity index (χ4n) is 2.41. The van der Waals surface area contributed by atoms with Gasteiger partial charge in [-0.25, -0.2) is 0 Å². The highest BCUT2D eigenvalue weighted by atomic mass is 35.5. The lowest BCUT2D eigenvalue weighted by Gasteiger charge is -2.35. The molecule has 1 heterocycles. The number of hydrogen-bond donors (Lipinski definition) is 1. The minimum absolute atomic E-state index is 0.178. The van der Waals surface area contributed by atoms with Gasteiger partial charge in [-0.15, -0.1) is 0 Å². The Morgan fingerprint density at radius 2 is 1.68 bits per heavy atom. The van der Waals surface area contributed by atoms with E-state index in [9.17, 15) is 5.11 Å². The van der Waals surface area contributed by atoms with Crippen molar-refractivity contribution in [1.82, 2.24) is 9.80 Å². The Labute approximate surface area is 120 Å². The SMILES string of the molecule is CCC(O)CN1CCN(Cc2ccc(Cl)cc2)CC1. The summed E-state index contributed by atoms with van der Waals surface area (Å²) in [6.07, 6.45) is 0.660. The second-order valence-electron chi connectivity index (χ2n) is 5.27. The van der Waals surface area contributed by atoms with Crippen LogP contribution < -0.4 is 0 Å². The van der Waals surface area contributed by atoms with Gasteiger partial charge in [0, 0.05) is 44.3 Å². The van der Waals surface area contributed by atoms with E-state index in [1.165, 1.54) is 5.56 Å². The van der Waals surface area contributed by atoms with E-state index in [2.05, 4.69) is 21.9 Å². The van der Waals surface area contributed by atoms with Crippen molar-refractivity contribution in [3.63, 3.8) is 0 Å². The third kappa shape index (κ3) is 4.77. The topological polar surface area (TPSA) is 26.7 Å². The third-order valence-electron chi connectivity index (χ3n) is 3.72. The number of rotatable bonds is 5. The van der Waals surface area contributed by atoms with Crippen LogP contribution in [0, 0.1) is 0 Å². The largest absolute Gasteiger partial charge is 0.392 e. The van der Waals surface area contributed by atoms with E-state index in [0.717, 1.165) is 50.7 Å². The highest BCUT2D eigenvalue weighted by Crippen LogP contribution is 2.13. The van der Waals surface area contributed by atoms with E-state index in [0.29, 0.717) is 0 Å². The summed E-state index contributed by atoms with van der Waals surface area (Å²) in [5, 5.41) is 10.5. The van der Waals surface area contributed by atoms with Crippen molar-refractivity contribution >= 4 is 11.6 Å². The predicted molar refractivity (Wildman–Crippen MR) is 79.5 cm³/mol. The van der Waals surface area contributed by atoms with Crippen LogP contribution in [0.15, 0.2) is 24.3 Å². The number of hydrogen-bond acceptors (Lipinski definition) is 3. The van der Waals surface area contributed by atoms with E-state index in [1.54, 1.807) is 0 Å². The minimum atomic E-state index is -0.178. The van der Waals surface area contributed by atoms with Gasteiger partial charge in [-0.1, -0.05) is 30.7 Å². The van der Waals surface area contributed by atoms with Gasteiger partial charge in [0.1, 0.15) is 0 Å². The lowest BCUT2D eigenvalue weighted by molar-refractivity contribution is 0.0687. The maximum Gasteiger partial charge on any atom is 0.0664 e. The third-order valence-corrected chi connectivity index (χ3v) is 3.98. The van der Waals surface area contributed by atoms with Crippen LogP contribution in [0.1, 0.15) is 18.9 Å². The van der Waals surface area contributed by atoms with Gasteiger partial charge in [-0.2, -0.15) is 0 Å². The molecule has 1 unspecified atom stereocenters. The predicted octanol–water partition coefficient (Wildman–Crippen LogP) is 2.23. The molecule has 0 saturated carbocycles. The summed E-state index contributed by atoms with van der Waals surface area (Å²) in [5.74, 6) is 0. The van der Waals surface area contributed by atoms with Crippen molar-refractivity contribution in [2.75, 3.05) is 32.7 Å². The standard InChI is InChI=1S/C15H23ClN2O/c1-2-15(19)12-18-9-7-17(8-10-18)11-13-3-5-14(16)6-4-13/h3-6,15,19H,2,7-12H2,1H3. The molecule has 0 spiro atoms. The van der Waals surface area contributed by atoms with Gasteiger partial charge in [0.15, 0.2) is 0 Å². The Morgan fingerprint density at radius 3 is 2.26 bits per heavy atom. The van der Waals surface area contributed by atoms with Crippen LogP contribution in [-0.2, 0) is 6.54 Å². The van der Waals surface area contributed by atoms with E-state index in [4.69, 9.17) is 11.6 Å². The first-order valence-electron chi connectivity index (χ1n) is 7.04. The van der Waals surface area contributed by atoms with Crippen LogP contribution in [0.5, 0.6) is 0 Å². The number of halogens is 1. The Hall–Kier alpha value is -0.610. The second kappa shape index (κ2) is 7.25. The lowest BCUT2D eigenvalue weighted by atomic mass is 10.2. The first kappa shape index (κ1) is 14.8. The Balaban J connectivity index is 1.75.